The summed E-state index contributed by atoms with van der Waals surface area (Å²) in [5.41, 5.74) is 1.43. The van der Waals surface area contributed by atoms with Gasteiger partial charge in [0.25, 0.3) is 0 Å². The molecule has 0 aliphatic carbocycles. The highest BCUT2D eigenvalue weighted by atomic mass is 16.5. The van der Waals surface area contributed by atoms with Crippen molar-refractivity contribution in [2.45, 2.75) is 6.92 Å². The number of carbonyl (C=O) groups excluding carboxylic acids is 2. The molecule has 0 heterocycles. The number of methoxy groups -OCH3 is 1. The smallest absolute Gasteiger partial charge is 0.338 e. The molecule has 3 heteroatoms. The molecule has 0 atom stereocenters. The zero-order valence-corrected chi connectivity index (χ0v) is 8.74. The van der Waals surface area contributed by atoms with Crippen molar-refractivity contribution < 1.29 is 14.3 Å². The molecular formula is C12H12O3. The van der Waals surface area contributed by atoms with Crippen LogP contribution in [0, 0.1) is 0 Å². The average Bonchev–Trinajstić information content (AvgIpc) is 2.26. The monoisotopic (exact) mass is 204 g/mol. The van der Waals surface area contributed by atoms with Crippen LogP contribution < -0.4 is 0 Å². The van der Waals surface area contributed by atoms with E-state index in [1.165, 1.54) is 14.0 Å². The largest absolute Gasteiger partial charge is 0.465 e. The van der Waals surface area contributed by atoms with Crippen molar-refractivity contribution in [2.75, 3.05) is 7.11 Å². The maximum Gasteiger partial charge on any atom is 0.338 e. The molecular weight excluding hydrogens is 192 g/mol. The van der Waals surface area contributed by atoms with E-state index in [9.17, 15) is 9.59 Å². The van der Waals surface area contributed by atoms with Crippen molar-refractivity contribution in [3.05, 3.63) is 41.5 Å². The SMILES string of the molecule is C=Cc1ccc(C(C)=O)c(C(=O)OC)c1. The second kappa shape index (κ2) is 4.55. The maximum absolute atomic E-state index is 11.4. The van der Waals surface area contributed by atoms with Gasteiger partial charge in [-0.05, 0) is 24.6 Å². The van der Waals surface area contributed by atoms with Crippen LogP contribution in [0.15, 0.2) is 24.8 Å². The molecule has 0 saturated carbocycles. The zero-order valence-electron chi connectivity index (χ0n) is 8.74. The van der Waals surface area contributed by atoms with Crippen molar-refractivity contribution in [1.82, 2.24) is 0 Å². The van der Waals surface area contributed by atoms with Gasteiger partial charge in [0.05, 0.1) is 12.7 Å². The maximum atomic E-state index is 11.4. The highest BCUT2D eigenvalue weighted by Crippen LogP contribution is 2.14. The number of carbonyl (C=O) groups is 2. The summed E-state index contributed by atoms with van der Waals surface area (Å²) in [6.45, 7) is 5.01. The second-order valence-corrected chi connectivity index (χ2v) is 3.06. The summed E-state index contributed by atoms with van der Waals surface area (Å²) in [5.74, 6) is -0.671. The summed E-state index contributed by atoms with van der Waals surface area (Å²) in [6, 6.07) is 4.93. The highest BCUT2D eigenvalue weighted by molar-refractivity contribution is 6.05. The Morgan fingerprint density at radius 2 is 2.00 bits per heavy atom. The molecule has 0 unspecified atom stereocenters. The van der Waals surface area contributed by atoms with Crippen molar-refractivity contribution >= 4 is 17.8 Å². The van der Waals surface area contributed by atoms with Crippen LogP contribution in [0.5, 0.6) is 0 Å². The van der Waals surface area contributed by atoms with Gasteiger partial charge in [-0.15, -0.1) is 0 Å². The molecule has 0 spiro atoms. The van der Waals surface area contributed by atoms with Crippen molar-refractivity contribution in [1.29, 1.82) is 0 Å². The predicted molar refractivity (Wildman–Crippen MR) is 57.9 cm³/mol. The number of esters is 1. The lowest BCUT2D eigenvalue weighted by Crippen LogP contribution is -2.08. The van der Waals surface area contributed by atoms with E-state index >= 15 is 0 Å². The van der Waals surface area contributed by atoms with Crippen LogP contribution in [-0.2, 0) is 4.74 Å². The fourth-order valence-corrected chi connectivity index (χ4v) is 1.27. The van der Waals surface area contributed by atoms with E-state index in [4.69, 9.17) is 0 Å². The Bertz CT molecular complexity index is 419. The highest BCUT2D eigenvalue weighted by Gasteiger charge is 2.14. The lowest BCUT2D eigenvalue weighted by Gasteiger charge is -2.05. The number of hydrogen-bond donors (Lipinski definition) is 0. The third-order valence-electron chi connectivity index (χ3n) is 2.06. The van der Waals surface area contributed by atoms with E-state index in [0.717, 1.165) is 5.56 Å². The number of rotatable bonds is 3. The third-order valence-corrected chi connectivity index (χ3v) is 2.06. The molecule has 0 saturated heterocycles. The van der Waals surface area contributed by atoms with Gasteiger partial charge in [0, 0.05) is 5.56 Å². The zero-order chi connectivity index (χ0) is 11.4. The van der Waals surface area contributed by atoms with Crippen molar-refractivity contribution in [3.8, 4) is 0 Å². The van der Waals surface area contributed by atoms with Crippen molar-refractivity contribution in [3.63, 3.8) is 0 Å². The Hall–Kier alpha value is -1.90. The molecule has 0 aliphatic heterocycles. The van der Waals surface area contributed by atoms with E-state index in [1.807, 2.05) is 0 Å². The first-order valence-corrected chi connectivity index (χ1v) is 4.46. The van der Waals surface area contributed by atoms with Crippen LogP contribution in [0.25, 0.3) is 6.08 Å². The molecule has 78 valence electrons. The number of benzene rings is 1. The topological polar surface area (TPSA) is 43.4 Å². The van der Waals surface area contributed by atoms with E-state index in [1.54, 1.807) is 24.3 Å². The van der Waals surface area contributed by atoms with Crippen LogP contribution in [0.4, 0.5) is 0 Å². The summed E-state index contributed by atoms with van der Waals surface area (Å²) >= 11 is 0. The summed E-state index contributed by atoms with van der Waals surface area (Å²) in [7, 11) is 1.28. The molecule has 0 fully saturated rings. The van der Waals surface area contributed by atoms with Crippen LogP contribution >= 0.6 is 0 Å². The Kier molecular flexibility index (Phi) is 3.39. The van der Waals surface area contributed by atoms with Gasteiger partial charge in [-0.3, -0.25) is 4.79 Å². The summed E-state index contributed by atoms with van der Waals surface area (Å²) in [6.07, 6.45) is 1.61. The molecule has 15 heavy (non-hydrogen) atoms. The molecule has 1 rings (SSSR count). The Labute approximate surface area is 88.4 Å². The van der Waals surface area contributed by atoms with Crippen LogP contribution in [-0.4, -0.2) is 18.9 Å². The van der Waals surface area contributed by atoms with Gasteiger partial charge in [-0.1, -0.05) is 18.7 Å². The van der Waals surface area contributed by atoms with Crippen molar-refractivity contribution in [2.24, 2.45) is 0 Å². The Morgan fingerprint density at radius 1 is 1.33 bits per heavy atom. The lowest BCUT2D eigenvalue weighted by atomic mass is 10.0. The predicted octanol–water partition coefficient (Wildman–Crippen LogP) is 2.32. The van der Waals surface area contributed by atoms with Crippen LogP contribution in [0.2, 0.25) is 0 Å². The first-order valence-electron chi connectivity index (χ1n) is 4.46. The molecule has 0 bridgehead atoms. The average molecular weight is 204 g/mol. The minimum Gasteiger partial charge on any atom is -0.465 e. The molecule has 0 N–H and O–H groups in total. The normalized spacial score (nSPS) is 9.47. The van der Waals surface area contributed by atoms with Gasteiger partial charge < -0.3 is 4.74 Å². The van der Waals surface area contributed by atoms with E-state index in [2.05, 4.69) is 11.3 Å². The quantitative estimate of drug-likeness (QED) is 0.560. The molecule has 0 aromatic heterocycles. The van der Waals surface area contributed by atoms with Gasteiger partial charge in [-0.2, -0.15) is 0 Å². The number of hydrogen-bond acceptors (Lipinski definition) is 3. The van der Waals surface area contributed by atoms with E-state index in [-0.39, 0.29) is 11.3 Å². The second-order valence-electron chi connectivity index (χ2n) is 3.06. The van der Waals surface area contributed by atoms with Gasteiger partial charge in [0.15, 0.2) is 5.78 Å². The van der Waals surface area contributed by atoms with E-state index < -0.39 is 5.97 Å². The fraction of sp³-hybridized carbons (Fsp3) is 0.167. The minimum absolute atomic E-state index is 0.161. The van der Waals surface area contributed by atoms with Gasteiger partial charge >= 0.3 is 5.97 Å². The van der Waals surface area contributed by atoms with Gasteiger partial charge in [-0.25, -0.2) is 4.79 Å². The van der Waals surface area contributed by atoms with Gasteiger partial charge in [0.2, 0.25) is 0 Å². The first-order chi connectivity index (χ1) is 7.10. The van der Waals surface area contributed by atoms with Crippen LogP contribution in [0.3, 0.4) is 0 Å². The summed E-state index contributed by atoms with van der Waals surface area (Å²) < 4.78 is 4.60. The number of ketones is 1. The Morgan fingerprint density at radius 3 is 2.47 bits per heavy atom. The van der Waals surface area contributed by atoms with E-state index in [0.29, 0.717) is 5.56 Å². The molecule has 3 nitrogen and oxygen atoms in total. The molecule has 0 aliphatic rings. The third kappa shape index (κ3) is 2.31. The van der Waals surface area contributed by atoms with Crippen LogP contribution in [0.1, 0.15) is 33.2 Å². The molecule has 0 radical (unpaired) electrons. The Balaban J connectivity index is 3.34. The summed E-state index contributed by atoms with van der Waals surface area (Å²) in [4.78, 5) is 22.7. The molecule has 1 aromatic carbocycles. The summed E-state index contributed by atoms with van der Waals surface area (Å²) in [5, 5.41) is 0. The molecule has 1 aromatic rings. The standard InChI is InChI=1S/C12H12O3/c1-4-9-5-6-10(8(2)13)11(7-9)12(14)15-3/h4-7H,1H2,2-3H3. The number of Topliss-reactive ketones (excluding diaryl/α,β-unsaturated/α-hetero) is 1. The molecule has 0 amide bonds. The first kappa shape index (κ1) is 11.2. The van der Waals surface area contributed by atoms with Gasteiger partial charge in [0.1, 0.15) is 0 Å². The fourth-order valence-electron chi connectivity index (χ4n) is 1.27. The lowest BCUT2D eigenvalue weighted by molar-refractivity contribution is 0.0597. The minimum atomic E-state index is -0.510. The number of ether oxygens (including phenoxy) is 1.